The Kier molecular flexibility index (Phi) is 4.15. The molecule has 1 atom stereocenters. The topological polar surface area (TPSA) is 63.6 Å². The molecule has 0 radical (unpaired) electrons. The zero-order valence-electron chi connectivity index (χ0n) is 15.5. The van der Waals surface area contributed by atoms with E-state index in [1.165, 1.54) is 22.3 Å². The molecule has 0 fully saturated rings. The van der Waals surface area contributed by atoms with Crippen molar-refractivity contribution in [2.75, 3.05) is 0 Å². The smallest absolute Gasteiger partial charge is 0.258 e. The average Bonchev–Trinajstić information content (AvgIpc) is 3.19. The summed E-state index contributed by atoms with van der Waals surface area (Å²) in [6, 6.07) is 12.7. The van der Waals surface area contributed by atoms with Gasteiger partial charge in [0.2, 0.25) is 0 Å². The van der Waals surface area contributed by atoms with Crippen LogP contribution in [0.25, 0.3) is 11.5 Å². The first-order valence-corrected chi connectivity index (χ1v) is 8.94. The van der Waals surface area contributed by atoms with Crippen molar-refractivity contribution in [3.05, 3.63) is 64.5 Å². The highest BCUT2D eigenvalue weighted by Crippen LogP contribution is 2.41. The van der Waals surface area contributed by atoms with Gasteiger partial charge in [0.15, 0.2) is 5.82 Å². The first kappa shape index (κ1) is 16.6. The molecule has 1 aromatic heterocycles. The Hall–Kier alpha value is -2.82. The molecule has 0 amide bonds. The second kappa shape index (κ2) is 6.48. The number of hydrogen-bond donors (Lipinski definition) is 0. The van der Waals surface area contributed by atoms with Crippen molar-refractivity contribution in [1.29, 1.82) is 0 Å². The van der Waals surface area contributed by atoms with Crippen LogP contribution in [0.15, 0.2) is 51.1 Å². The van der Waals surface area contributed by atoms with Crippen molar-refractivity contribution in [1.82, 2.24) is 10.1 Å². The Morgan fingerprint density at radius 2 is 1.81 bits per heavy atom. The monoisotopic (exact) mass is 346 g/mol. The quantitative estimate of drug-likeness (QED) is 0.605. The Morgan fingerprint density at radius 3 is 2.54 bits per heavy atom. The minimum Gasteiger partial charge on any atom is -0.334 e. The number of aromatic nitrogens is 2. The summed E-state index contributed by atoms with van der Waals surface area (Å²) in [7, 11) is 0. The fraction of sp³-hybridized carbons (Fsp3) is 0.333. The lowest BCUT2D eigenvalue weighted by atomic mass is 9.95. The lowest BCUT2D eigenvalue weighted by Gasteiger charge is -2.11. The first-order valence-electron chi connectivity index (χ1n) is 8.94. The van der Waals surface area contributed by atoms with Crippen molar-refractivity contribution in [3.8, 4) is 11.5 Å². The molecule has 2 heterocycles. The number of benzene rings is 2. The summed E-state index contributed by atoms with van der Waals surface area (Å²) in [5.74, 6) is 1.64. The Morgan fingerprint density at radius 1 is 1.04 bits per heavy atom. The summed E-state index contributed by atoms with van der Waals surface area (Å²) in [5.41, 5.74) is 6.62. The molecule has 1 aliphatic rings. The largest absolute Gasteiger partial charge is 0.334 e. The van der Waals surface area contributed by atoms with Gasteiger partial charge in [-0.2, -0.15) is 15.2 Å². The molecule has 1 aliphatic heterocycles. The third-order valence-corrected chi connectivity index (χ3v) is 4.63. The highest BCUT2D eigenvalue weighted by Gasteiger charge is 2.24. The minimum absolute atomic E-state index is 0.141. The van der Waals surface area contributed by atoms with E-state index in [1.54, 1.807) is 0 Å². The molecule has 5 heteroatoms. The lowest BCUT2D eigenvalue weighted by Crippen LogP contribution is -2.00. The third kappa shape index (κ3) is 3.17. The molecule has 5 nitrogen and oxygen atoms in total. The normalized spacial score (nSPS) is 15.7. The zero-order valence-corrected chi connectivity index (χ0v) is 15.5. The molecule has 26 heavy (non-hydrogen) atoms. The standard InChI is InChI=1S/C21H22N4O/c1-12(2)20-17-6-5-16(11-18(17)23-24-20)21-22-19(25-26-21)10-15-8-13(3)7-14(4)9-15/h5-9,11-12,20H,10H2,1-4H3. The maximum Gasteiger partial charge on any atom is 0.258 e. The molecule has 2 aromatic carbocycles. The SMILES string of the molecule is Cc1cc(C)cc(Cc2noc(-c3ccc4c(c3)N=NC4C(C)C)n2)c1. The summed E-state index contributed by atoms with van der Waals surface area (Å²) in [6.45, 7) is 8.51. The Labute approximate surface area is 153 Å². The number of nitrogens with zero attached hydrogens (tertiary/aromatic N) is 4. The van der Waals surface area contributed by atoms with Crippen LogP contribution in [0.5, 0.6) is 0 Å². The number of fused-ring (bicyclic) bond motifs is 1. The van der Waals surface area contributed by atoms with E-state index in [1.807, 2.05) is 12.1 Å². The van der Waals surface area contributed by atoms with Crippen LogP contribution in [-0.4, -0.2) is 10.1 Å². The van der Waals surface area contributed by atoms with Crippen molar-refractivity contribution in [2.24, 2.45) is 16.1 Å². The predicted molar refractivity (Wildman–Crippen MR) is 101 cm³/mol. The van der Waals surface area contributed by atoms with Gasteiger partial charge in [0, 0.05) is 17.5 Å². The van der Waals surface area contributed by atoms with Crippen LogP contribution in [-0.2, 0) is 6.42 Å². The molecule has 132 valence electrons. The van der Waals surface area contributed by atoms with Crippen LogP contribution in [0.3, 0.4) is 0 Å². The molecule has 1 unspecified atom stereocenters. The van der Waals surface area contributed by atoms with Gasteiger partial charge in [0.1, 0.15) is 6.04 Å². The summed E-state index contributed by atoms with van der Waals surface area (Å²) < 4.78 is 5.48. The Balaban J connectivity index is 1.58. The minimum atomic E-state index is 0.141. The number of hydrogen-bond acceptors (Lipinski definition) is 5. The molecule has 0 N–H and O–H groups in total. The second-order valence-corrected chi connectivity index (χ2v) is 7.37. The van der Waals surface area contributed by atoms with Gasteiger partial charge in [-0.25, -0.2) is 0 Å². The fourth-order valence-electron chi connectivity index (χ4n) is 3.49. The van der Waals surface area contributed by atoms with Crippen LogP contribution in [0.1, 0.15) is 48.0 Å². The van der Waals surface area contributed by atoms with E-state index in [0.717, 1.165) is 11.3 Å². The number of azo groups is 1. The first-order chi connectivity index (χ1) is 12.5. The number of aryl methyl sites for hydroxylation is 2. The van der Waals surface area contributed by atoms with Crippen LogP contribution in [0.2, 0.25) is 0 Å². The van der Waals surface area contributed by atoms with Crippen LogP contribution >= 0.6 is 0 Å². The van der Waals surface area contributed by atoms with Gasteiger partial charge in [-0.3, -0.25) is 0 Å². The molecule has 0 aliphatic carbocycles. The summed E-state index contributed by atoms with van der Waals surface area (Å²) in [5, 5.41) is 12.8. The fourth-order valence-corrected chi connectivity index (χ4v) is 3.49. The van der Waals surface area contributed by atoms with Gasteiger partial charge in [-0.1, -0.05) is 54.4 Å². The van der Waals surface area contributed by atoms with Crippen molar-refractivity contribution in [2.45, 2.75) is 40.2 Å². The van der Waals surface area contributed by atoms with Gasteiger partial charge in [-0.15, -0.1) is 0 Å². The summed E-state index contributed by atoms with van der Waals surface area (Å²) >= 11 is 0. The maximum absolute atomic E-state index is 5.48. The second-order valence-electron chi connectivity index (χ2n) is 7.37. The molecule has 4 rings (SSSR count). The predicted octanol–water partition coefficient (Wildman–Crippen LogP) is 5.74. The van der Waals surface area contributed by atoms with Gasteiger partial charge in [-0.05, 0) is 37.5 Å². The lowest BCUT2D eigenvalue weighted by molar-refractivity contribution is 0.424. The third-order valence-electron chi connectivity index (χ3n) is 4.63. The van der Waals surface area contributed by atoms with E-state index in [0.29, 0.717) is 24.1 Å². The van der Waals surface area contributed by atoms with Crippen LogP contribution in [0.4, 0.5) is 5.69 Å². The summed E-state index contributed by atoms with van der Waals surface area (Å²) in [6.07, 6.45) is 0.659. The van der Waals surface area contributed by atoms with Gasteiger partial charge >= 0.3 is 0 Å². The highest BCUT2D eigenvalue weighted by molar-refractivity contribution is 5.64. The van der Waals surface area contributed by atoms with Crippen molar-refractivity contribution in [3.63, 3.8) is 0 Å². The highest BCUT2D eigenvalue weighted by atomic mass is 16.5. The van der Waals surface area contributed by atoms with Crippen LogP contribution < -0.4 is 0 Å². The van der Waals surface area contributed by atoms with E-state index in [4.69, 9.17) is 4.52 Å². The molecular formula is C21H22N4O. The molecule has 0 saturated heterocycles. The molecule has 0 spiro atoms. The molecular weight excluding hydrogens is 324 g/mol. The van der Waals surface area contributed by atoms with Gasteiger partial charge in [0.05, 0.1) is 5.69 Å². The molecule has 0 bridgehead atoms. The van der Waals surface area contributed by atoms with Gasteiger partial charge < -0.3 is 4.52 Å². The van der Waals surface area contributed by atoms with E-state index in [-0.39, 0.29) is 6.04 Å². The maximum atomic E-state index is 5.48. The molecule has 3 aromatic rings. The van der Waals surface area contributed by atoms with Crippen molar-refractivity contribution >= 4 is 5.69 Å². The summed E-state index contributed by atoms with van der Waals surface area (Å²) in [4.78, 5) is 4.56. The van der Waals surface area contributed by atoms with E-state index >= 15 is 0 Å². The van der Waals surface area contributed by atoms with E-state index < -0.39 is 0 Å². The van der Waals surface area contributed by atoms with E-state index in [9.17, 15) is 0 Å². The van der Waals surface area contributed by atoms with Crippen molar-refractivity contribution < 1.29 is 4.52 Å². The zero-order chi connectivity index (χ0) is 18.3. The van der Waals surface area contributed by atoms with Crippen LogP contribution in [0, 0.1) is 19.8 Å². The average molecular weight is 346 g/mol. The van der Waals surface area contributed by atoms with Gasteiger partial charge in [0.25, 0.3) is 5.89 Å². The number of rotatable bonds is 4. The molecule has 0 saturated carbocycles. The van der Waals surface area contributed by atoms with E-state index in [2.05, 4.69) is 72.3 Å². The Bertz CT molecular complexity index is 967.